The number of hydrogen-bond acceptors (Lipinski definition) is 5. The van der Waals surface area contributed by atoms with Gasteiger partial charge in [0.25, 0.3) is 5.56 Å². The zero-order chi connectivity index (χ0) is 19.1. The second kappa shape index (κ2) is 6.61. The first-order chi connectivity index (χ1) is 12.9. The smallest absolute Gasteiger partial charge is 0.258 e. The lowest BCUT2D eigenvalue weighted by molar-refractivity contribution is -0.136. The monoisotopic (exact) mass is 367 g/mol. The average molecular weight is 367 g/mol. The van der Waals surface area contributed by atoms with Crippen LogP contribution in [0, 0.1) is 12.8 Å². The van der Waals surface area contributed by atoms with E-state index in [2.05, 4.69) is 9.97 Å². The van der Waals surface area contributed by atoms with Crippen LogP contribution in [0.25, 0.3) is 0 Å². The summed E-state index contributed by atoms with van der Waals surface area (Å²) in [6.45, 7) is 3.16. The van der Waals surface area contributed by atoms with Crippen LogP contribution in [0.15, 0.2) is 29.2 Å². The number of aromatic nitrogens is 3. The van der Waals surface area contributed by atoms with Crippen LogP contribution in [0.4, 0.5) is 0 Å². The van der Waals surface area contributed by atoms with Crippen molar-refractivity contribution in [3.8, 4) is 0 Å². The number of fused-ring (bicyclic) bond motifs is 1. The molecule has 0 spiro atoms. The van der Waals surface area contributed by atoms with Crippen LogP contribution in [-0.2, 0) is 36.3 Å². The average Bonchev–Trinajstić information content (AvgIpc) is 3.24. The molecule has 27 heavy (non-hydrogen) atoms. The Morgan fingerprint density at radius 1 is 1.26 bits per heavy atom. The third-order valence-electron chi connectivity index (χ3n) is 5.34. The Morgan fingerprint density at radius 2 is 2.07 bits per heavy atom. The lowest BCUT2D eigenvalue weighted by Crippen LogP contribution is -2.34. The normalized spacial score (nSPS) is 18.9. The Hall–Kier alpha value is -3.03. The van der Waals surface area contributed by atoms with E-state index in [1.54, 1.807) is 30.0 Å². The van der Waals surface area contributed by atoms with Gasteiger partial charge in [-0.1, -0.05) is 6.07 Å². The van der Waals surface area contributed by atoms with Crippen LogP contribution in [0.2, 0.25) is 0 Å². The maximum absolute atomic E-state index is 12.9. The van der Waals surface area contributed by atoms with Gasteiger partial charge in [-0.25, -0.2) is 4.98 Å². The van der Waals surface area contributed by atoms with Crippen molar-refractivity contribution >= 4 is 11.8 Å². The van der Waals surface area contributed by atoms with Crippen molar-refractivity contribution in [3.63, 3.8) is 0 Å². The highest BCUT2D eigenvalue weighted by Gasteiger charge is 2.39. The second-order valence-corrected chi connectivity index (χ2v) is 7.14. The quantitative estimate of drug-likeness (QED) is 0.782. The van der Waals surface area contributed by atoms with Crippen molar-refractivity contribution in [2.75, 3.05) is 6.54 Å². The van der Waals surface area contributed by atoms with E-state index in [1.165, 1.54) is 4.57 Å². The molecule has 1 saturated heterocycles. The van der Waals surface area contributed by atoms with E-state index >= 15 is 0 Å². The maximum Gasteiger partial charge on any atom is 0.258 e. The van der Waals surface area contributed by atoms with Crippen LogP contribution in [0.1, 0.15) is 29.2 Å². The molecule has 1 atom stereocenters. The van der Waals surface area contributed by atoms with Gasteiger partial charge < -0.3 is 9.80 Å². The van der Waals surface area contributed by atoms with Crippen LogP contribution < -0.4 is 5.56 Å². The van der Waals surface area contributed by atoms with E-state index < -0.39 is 0 Å². The largest absolute Gasteiger partial charge is 0.336 e. The van der Waals surface area contributed by atoms with Crippen molar-refractivity contribution in [3.05, 3.63) is 57.5 Å². The van der Waals surface area contributed by atoms with E-state index in [-0.39, 0.29) is 36.3 Å². The highest BCUT2D eigenvalue weighted by atomic mass is 16.2. The Kier molecular flexibility index (Phi) is 4.25. The molecule has 0 radical (unpaired) electrons. The summed E-state index contributed by atoms with van der Waals surface area (Å²) in [4.78, 5) is 49.7. The minimum atomic E-state index is -0.388. The number of rotatable bonds is 3. The molecule has 8 heteroatoms. The molecule has 2 aromatic heterocycles. The van der Waals surface area contributed by atoms with Crippen LogP contribution in [0.3, 0.4) is 0 Å². The minimum absolute atomic E-state index is 0.0411. The van der Waals surface area contributed by atoms with Gasteiger partial charge in [0.2, 0.25) is 11.8 Å². The summed E-state index contributed by atoms with van der Waals surface area (Å²) in [5.74, 6) is 0.108. The second-order valence-electron chi connectivity index (χ2n) is 7.14. The van der Waals surface area contributed by atoms with Crippen molar-refractivity contribution in [2.24, 2.45) is 13.0 Å². The molecule has 1 fully saturated rings. The summed E-state index contributed by atoms with van der Waals surface area (Å²) in [5, 5.41) is 0. The van der Waals surface area contributed by atoms with E-state index in [9.17, 15) is 14.4 Å². The Bertz CT molecular complexity index is 969. The fourth-order valence-corrected chi connectivity index (χ4v) is 3.72. The molecule has 2 amide bonds. The topological polar surface area (TPSA) is 88.4 Å². The van der Waals surface area contributed by atoms with Crippen LogP contribution >= 0.6 is 0 Å². The van der Waals surface area contributed by atoms with Gasteiger partial charge >= 0.3 is 0 Å². The lowest BCUT2D eigenvalue weighted by Gasteiger charge is -2.20. The summed E-state index contributed by atoms with van der Waals surface area (Å²) >= 11 is 0. The number of carbonyl (C=O) groups excluding carboxylic acids is 2. The van der Waals surface area contributed by atoms with Gasteiger partial charge in [-0.2, -0.15) is 0 Å². The molecule has 0 saturated carbocycles. The predicted octanol–water partition coefficient (Wildman–Crippen LogP) is 0.375. The molecule has 2 aromatic rings. The first-order valence-corrected chi connectivity index (χ1v) is 8.96. The molecule has 0 aliphatic carbocycles. The molecule has 2 aliphatic heterocycles. The van der Waals surface area contributed by atoms with Gasteiger partial charge in [0.15, 0.2) is 0 Å². The van der Waals surface area contributed by atoms with E-state index in [0.717, 1.165) is 5.69 Å². The standard InChI is InChI=1S/C19H21N5O3/c1-12-21-16-11-24(10-15(16)19(27)22(12)2)18(26)13-7-17(25)23(8-13)9-14-5-3-4-6-20-14/h3-6,13H,7-11H2,1-2H3. The third kappa shape index (κ3) is 3.11. The van der Waals surface area contributed by atoms with Crippen molar-refractivity contribution in [1.82, 2.24) is 24.3 Å². The number of likely N-dealkylation sites (tertiary alicyclic amines) is 1. The molecular formula is C19H21N5O3. The Labute approximate surface area is 156 Å². The first kappa shape index (κ1) is 17.4. The fourth-order valence-electron chi connectivity index (χ4n) is 3.72. The van der Waals surface area contributed by atoms with Gasteiger partial charge in [0, 0.05) is 26.2 Å². The summed E-state index contributed by atoms with van der Waals surface area (Å²) in [6.07, 6.45) is 1.89. The van der Waals surface area contributed by atoms with Gasteiger partial charge in [-0.05, 0) is 19.1 Å². The van der Waals surface area contributed by atoms with E-state index in [1.807, 2.05) is 18.2 Å². The van der Waals surface area contributed by atoms with Crippen LogP contribution in [0.5, 0.6) is 0 Å². The molecule has 0 N–H and O–H groups in total. The number of carbonyl (C=O) groups is 2. The third-order valence-corrected chi connectivity index (χ3v) is 5.34. The van der Waals surface area contributed by atoms with Crippen LogP contribution in [-0.4, -0.2) is 42.7 Å². The number of aryl methyl sites for hydroxylation is 1. The SMILES string of the molecule is Cc1nc2c(c(=O)n1C)CN(C(=O)C1CC(=O)N(Cc3ccccn3)C1)C2. The van der Waals surface area contributed by atoms with Crippen molar-refractivity contribution in [1.29, 1.82) is 0 Å². The summed E-state index contributed by atoms with van der Waals surface area (Å²) in [6, 6.07) is 5.57. The van der Waals surface area contributed by atoms with E-state index in [0.29, 0.717) is 36.7 Å². The number of nitrogens with zero attached hydrogens (tertiary/aromatic N) is 5. The summed E-state index contributed by atoms with van der Waals surface area (Å²) < 4.78 is 1.50. The van der Waals surface area contributed by atoms with Crippen molar-refractivity contribution in [2.45, 2.75) is 33.0 Å². The molecule has 140 valence electrons. The molecule has 8 nitrogen and oxygen atoms in total. The van der Waals surface area contributed by atoms with E-state index in [4.69, 9.17) is 0 Å². The molecular weight excluding hydrogens is 346 g/mol. The summed E-state index contributed by atoms with van der Waals surface area (Å²) in [7, 11) is 1.68. The molecule has 4 heterocycles. The minimum Gasteiger partial charge on any atom is -0.336 e. The summed E-state index contributed by atoms with van der Waals surface area (Å²) in [5.41, 5.74) is 1.94. The maximum atomic E-state index is 12.9. The predicted molar refractivity (Wildman–Crippen MR) is 96.2 cm³/mol. The fraction of sp³-hybridized carbons (Fsp3) is 0.421. The Balaban J connectivity index is 1.46. The van der Waals surface area contributed by atoms with Gasteiger partial charge in [0.05, 0.1) is 42.5 Å². The molecule has 0 bridgehead atoms. The Morgan fingerprint density at radius 3 is 2.81 bits per heavy atom. The highest BCUT2D eigenvalue weighted by Crippen LogP contribution is 2.26. The highest BCUT2D eigenvalue weighted by molar-refractivity contribution is 5.89. The molecule has 1 unspecified atom stereocenters. The van der Waals surface area contributed by atoms with Gasteiger partial charge in [0.1, 0.15) is 5.82 Å². The number of hydrogen-bond donors (Lipinski definition) is 0. The number of pyridine rings is 1. The number of amides is 2. The zero-order valence-corrected chi connectivity index (χ0v) is 15.4. The molecule has 0 aromatic carbocycles. The first-order valence-electron chi connectivity index (χ1n) is 8.96. The van der Waals surface area contributed by atoms with Gasteiger partial charge in [-0.15, -0.1) is 0 Å². The molecule has 2 aliphatic rings. The van der Waals surface area contributed by atoms with Gasteiger partial charge in [-0.3, -0.25) is 23.9 Å². The lowest BCUT2D eigenvalue weighted by atomic mass is 10.1. The van der Waals surface area contributed by atoms with Crippen molar-refractivity contribution < 1.29 is 9.59 Å². The molecule has 4 rings (SSSR count). The zero-order valence-electron chi connectivity index (χ0n) is 15.4.